The summed E-state index contributed by atoms with van der Waals surface area (Å²) in [6.07, 6.45) is 1.92. The zero-order valence-corrected chi connectivity index (χ0v) is 13.5. The van der Waals surface area contributed by atoms with E-state index in [1.165, 1.54) is 6.07 Å². The highest BCUT2D eigenvalue weighted by Crippen LogP contribution is 2.29. The Balaban J connectivity index is 2.32. The first-order chi connectivity index (χ1) is 9.60. The number of amides is 1. The Morgan fingerprint density at radius 1 is 1.38 bits per heavy atom. The molecule has 0 aliphatic carbocycles. The van der Waals surface area contributed by atoms with Crippen LogP contribution in [0, 0.1) is 11.2 Å². The van der Waals surface area contributed by atoms with Crippen molar-refractivity contribution >= 4 is 25.6 Å². The van der Waals surface area contributed by atoms with Crippen LogP contribution in [0.1, 0.15) is 37.0 Å². The molecule has 0 aromatic heterocycles. The third-order valence-electron chi connectivity index (χ3n) is 3.63. The van der Waals surface area contributed by atoms with Crippen molar-refractivity contribution in [3.05, 3.63) is 29.6 Å². The number of rotatable bonds is 2. The third-order valence-corrected chi connectivity index (χ3v) is 4.97. The molecule has 0 N–H and O–H groups in total. The van der Waals surface area contributed by atoms with Crippen molar-refractivity contribution < 1.29 is 17.6 Å². The average Bonchev–Trinajstić information content (AvgIpc) is 2.36. The predicted octanol–water partition coefficient (Wildman–Crippen LogP) is 3.02. The number of hydrogen-bond acceptors (Lipinski definition) is 3. The molecule has 0 bridgehead atoms. The van der Waals surface area contributed by atoms with Crippen LogP contribution < -0.4 is 0 Å². The lowest BCUT2D eigenvalue weighted by molar-refractivity contribution is 0.0583. The third kappa shape index (κ3) is 3.74. The molecule has 4 nitrogen and oxygen atoms in total. The Kier molecular flexibility index (Phi) is 4.31. The van der Waals surface area contributed by atoms with Crippen LogP contribution in [0.2, 0.25) is 0 Å². The van der Waals surface area contributed by atoms with E-state index in [1.54, 1.807) is 4.90 Å². The van der Waals surface area contributed by atoms with Crippen LogP contribution in [-0.4, -0.2) is 32.3 Å². The van der Waals surface area contributed by atoms with Gasteiger partial charge >= 0.3 is 0 Å². The zero-order chi connectivity index (χ0) is 15.8. The largest absolute Gasteiger partial charge is 0.338 e. The molecule has 1 amide bonds. The van der Waals surface area contributed by atoms with Crippen molar-refractivity contribution in [1.29, 1.82) is 0 Å². The number of carbonyl (C=O) groups is 1. The van der Waals surface area contributed by atoms with Crippen LogP contribution in [0.25, 0.3) is 0 Å². The van der Waals surface area contributed by atoms with Crippen LogP contribution >= 0.6 is 10.7 Å². The molecular formula is C14H17ClFNO3S. The smallest absolute Gasteiger partial charge is 0.264 e. The van der Waals surface area contributed by atoms with Gasteiger partial charge in [0.1, 0.15) is 10.7 Å². The standard InChI is InChI=1S/C14H17ClFNO3S/c1-14(2)6-3-7-17(9-14)13(18)10-4-5-11(16)12(8-10)21(15,19)20/h4-5,8H,3,6-7,9H2,1-2H3. The summed E-state index contributed by atoms with van der Waals surface area (Å²) in [6.45, 7) is 5.35. The van der Waals surface area contributed by atoms with Gasteiger partial charge in [-0.3, -0.25) is 4.79 Å². The van der Waals surface area contributed by atoms with E-state index in [4.69, 9.17) is 10.7 Å². The SMILES string of the molecule is CC1(C)CCCN(C(=O)c2ccc(F)c(S(=O)(=O)Cl)c2)C1. The molecule has 1 aromatic carbocycles. The van der Waals surface area contributed by atoms with Gasteiger partial charge in [-0.05, 0) is 36.5 Å². The summed E-state index contributed by atoms with van der Waals surface area (Å²) in [7, 11) is 0.962. The number of benzene rings is 1. The van der Waals surface area contributed by atoms with Crippen LogP contribution in [0.4, 0.5) is 4.39 Å². The first-order valence-electron chi connectivity index (χ1n) is 6.64. The van der Waals surface area contributed by atoms with E-state index < -0.39 is 19.8 Å². The van der Waals surface area contributed by atoms with E-state index in [9.17, 15) is 17.6 Å². The van der Waals surface area contributed by atoms with E-state index in [2.05, 4.69) is 13.8 Å². The molecule has 1 aliphatic heterocycles. The summed E-state index contributed by atoms with van der Waals surface area (Å²) < 4.78 is 36.1. The number of halogens is 2. The maximum absolute atomic E-state index is 13.5. The summed E-state index contributed by atoms with van der Waals surface area (Å²) in [4.78, 5) is 13.5. The molecule has 1 aliphatic rings. The number of carbonyl (C=O) groups excluding carboxylic acids is 1. The van der Waals surface area contributed by atoms with Crippen molar-refractivity contribution in [2.45, 2.75) is 31.6 Å². The van der Waals surface area contributed by atoms with Gasteiger partial charge in [0.2, 0.25) is 0 Å². The van der Waals surface area contributed by atoms with Crippen LogP contribution in [-0.2, 0) is 9.05 Å². The molecule has 0 radical (unpaired) electrons. The first-order valence-corrected chi connectivity index (χ1v) is 8.95. The van der Waals surface area contributed by atoms with Gasteiger partial charge in [-0.2, -0.15) is 0 Å². The molecule has 0 unspecified atom stereocenters. The quantitative estimate of drug-likeness (QED) is 0.782. The molecule has 2 rings (SSSR count). The van der Waals surface area contributed by atoms with Crippen molar-refractivity contribution in [3.8, 4) is 0 Å². The molecule has 0 spiro atoms. The maximum atomic E-state index is 13.5. The molecule has 0 atom stereocenters. The van der Waals surface area contributed by atoms with Crippen molar-refractivity contribution in [2.24, 2.45) is 5.41 Å². The van der Waals surface area contributed by atoms with Crippen molar-refractivity contribution in [2.75, 3.05) is 13.1 Å². The molecule has 116 valence electrons. The Labute approximate surface area is 128 Å². The minimum atomic E-state index is -4.22. The molecule has 7 heteroatoms. The fourth-order valence-electron chi connectivity index (χ4n) is 2.60. The molecule has 0 saturated carbocycles. The highest BCUT2D eigenvalue weighted by Gasteiger charge is 2.30. The molecule has 21 heavy (non-hydrogen) atoms. The fourth-order valence-corrected chi connectivity index (χ4v) is 3.53. The highest BCUT2D eigenvalue weighted by molar-refractivity contribution is 8.13. The topological polar surface area (TPSA) is 54.5 Å². The molecule has 1 fully saturated rings. The van der Waals surface area contributed by atoms with Crippen LogP contribution in [0.3, 0.4) is 0 Å². The Morgan fingerprint density at radius 2 is 2.05 bits per heavy atom. The first kappa shape index (κ1) is 16.2. The summed E-state index contributed by atoms with van der Waals surface area (Å²) in [5.74, 6) is -1.26. The van der Waals surface area contributed by atoms with Crippen molar-refractivity contribution in [3.63, 3.8) is 0 Å². The van der Waals surface area contributed by atoms with Gasteiger partial charge in [0.15, 0.2) is 0 Å². The number of likely N-dealkylation sites (tertiary alicyclic amines) is 1. The lowest BCUT2D eigenvalue weighted by atomic mass is 9.84. The van der Waals surface area contributed by atoms with E-state index in [0.29, 0.717) is 13.1 Å². The molecular weight excluding hydrogens is 317 g/mol. The molecule has 1 saturated heterocycles. The van der Waals surface area contributed by atoms with E-state index in [1.807, 2.05) is 0 Å². The second-order valence-electron chi connectivity index (χ2n) is 6.08. The van der Waals surface area contributed by atoms with Crippen LogP contribution in [0.5, 0.6) is 0 Å². The second-order valence-corrected chi connectivity index (χ2v) is 8.61. The lowest BCUT2D eigenvalue weighted by Gasteiger charge is -2.38. The summed E-state index contributed by atoms with van der Waals surface area (Å²) >= 11 is 0. The van der Waals surface area contributed by atoms with E-state index in [-0.39, 0.29) is 16.9 Å². The normalized spacial score (nSPS) is 18.6. The van der Waals surface area contributed by atoms with Gasteiger partial charge in [0.05, 0.1) is 0 Å². The number of nitrogens with zero attached hydrogens (tertiary/aromatic N) is 1. The maximum Gasteiger partial charge on any atom is 0.264 e. The van der Waals surface area contributed by atoms with E-state index in [0.717, 1.165) is 25.0 Å². The highest BCUT2D eigenvalue weighted by atomic mass is 35.7. The lowest BCUT2D eigenvalue weighted by Crippen LogP contribution is -2.43. The monoisotopic (exact) mass is 333 g/mol. The summed E-state index contributed by atoms with van der Waals surface area (Å²) in [6, 6.07) is 3.24. The molecule has 1 aromatic rings. The van der Waals surface area contributed by atoms with Gasteiger partial charge < -0.3 is 4.90 Å². The Hall–Kier alpha value is -1.14. The van der Waals surface area contributed by atoms with Gasteiger partial charge in [-0.25, -0.2) is 12.8 Å². The zero-order valence-electron chi connectivity index (χ0n) is 11.9. The van der Waals surface area contributed by atoms with Gasteiger partial charge in [-0.15, -0.1) is 0 Å². The summed E-state index contributed by atoms with van der Waals surface area (Å²) in [5.41, 5.74) is 0.156. The minimum Gasteiger partial charge on any atom is -0.338 e. The van der Waals surface area contributed by atoms with E-state index >= 15 is 0 Å². The average molecular weight is 334 g/mol. The molecule has 1 heterocycles. The van der Waals surface area contributed by atoms with Crippen molar-refractivity contribution in [1.82, 2.24) is 4.90 Å². The summed E-state index contributed by atoms with van der Waals surface area (Å²) in [5, 5.41) is 0. The van der Waals surface area contributed by atoms with Gasteiger partial charge in [-0.1, -0.05) is 13.8 Å². The van der Waals surface area contributed by atoms with Gasteiger partial charge in [0.25, 0.3) is 15.0 Å². The second kappa shape index (κ2) is 5.57. The Morgan fingerprint density at radius 3 is 2.62 bits per heavy atom. The number of hydrogen-bond donors (Lipinski definition) is 0. The van der Waals surface area contributed by atoms with Gasteiger partial charge in [0, 0.05) is 29.3 Å². The fraction of sp³-hybridized carbons (Fsp3) is 0.500. The predicted molar refractivity (Wildman–Crippen MR) is 78.4 cm³/mol. The Bertz CT molecular complexity index is 673. The number of piperidine rings is 1. The minimum absolute atomic E-state index is 0.0231. The van der Waals surface area contributed by atoms with Crippen LogP contribution in [0.15, 0.2) is 23.1 Å².